The van der Waals surface area contributed by atoms with E-state index in [0.717, 1.165) is 0 Å². The number of allylic oxidation sites excluding steroid dienone is 2. The zero-order chi connectivity index (χ0) is 11.4. The molecule has 0 aliphatic carbocycles. The van der Waals surface area contributed by atoms with E-state index in [2.05, 4.69) is 34.1 Å². The fourth-order valence-corrected chi connectivity index (χ4v) is 1.23. The Morgan fingerprint density at radius 2 is 2.13 bits per heavy atom. The van der Waals surface area contributed by atoms with Gasteiger partial charge in [0.25, 0.3) is 5.91 Å². The number of nitrogens with zero attached hydrogens (tertiary/aromatic N) is 2. The molecule has 0 saturated carbocycles. The minimum atomic E-state index is -0.450. The first-order chi connectivity index (χ1) is 7.08. The molecule has 5 heteroatoms. The number of halogens is 1. The van der Waals surface area contributed by atoms with Gasteiger partial charge in [-0.15, -0.1) is 0 Å². The number of carbonyl (C=O) groups excluding carboxylic acids is 2. The fourth-order valence-electron chi connectivity index (χ4n) is 1.02. The topological polar surface area (TPSA) is 49.7 Å². The van der Waals surface area contributed by atoms with Crippen LogP contribution in [0.2, 0.25) is 0 Å². The highest BCUT2D eigenvalue weighted by Gasteiger charge is 2.24. The van der Waals surface area contributed by atoms with E-state index in [1.807, 2.05) is 0 Å². The summed E-state index contributed by atoms with van der Waals surface area (Å²) in [5.41, 5.74) is 0. The second-order valence-corrected chi connectivity index (χ2v) is 3.64. The maximum atomic E-state index is 11.5. The summed E-state index contributed by atoms with van der Waals surface area (Å²) in [5.74, 6) is -0.548. The molecule has 4 nitrogen and oxygen atoms in total. The van der Waals surface area contributed by atoms with E-state index in [0.29, 0.717) is 4.48 Å². The molecule has 0 bridgehead atoms. The number of amides is 2. The van der Waals surface area contributed by atoms with Crippen LogP contribution in [0.5, 0.6) is 0 Å². The van der Waals surface area contributed by atoms with Crippen molar-refractivity contribution >= 4 is 33.6 Å². The largest absolute Gasteiger partial charge is 0.273 e. The van der Waals surface area contributed by atoms with Gasteiger partial charge in [0, 0.05) is 10.7 Å². The van der Waals surface area contributed by atoms with Gasteiger partial charge in [-0.1, -0.05) is 19.2 Å². The third kappa shape index (κ3) is 2.73. The molecule has 0 unspecified atom stereocenters. The summed E-state index contributed by atoms with van der Waals surface area (Å²) in [6, 6.07) is 0. The lowest BCUT2D eigenvalue weighted by Gasteiger charge is -2.21. The van der Waals surface area contributed by atoms with Gasteiger partial charge in [-0.3, -0.25) is 14.5 Å². The van der Waals surface area contributed by atoms with Crippen molar-refractivity contribution in [2.24, 2.45) is 4.99 Å². The number of hydrogen-bond acceptors (Lipinski definition) is 2. The quantitative estimate of drug-likeness (QED) is 0.579. The number of hydrogen-bond donors (Lipinski definition) is 0. The van der Waals surface area contributed by atoms with Crippen molar-refractivity contribution in [3.8, 4) is 0 Å². The van der Waals surface area contributed by atoms with Gasteiger partial charge in [-0.2, -0.15) is 4.99 Å². The van der Waals surface area contributed by atoms with E-state index < -0.39 is 5.91 Å². The number of rotatable bonds is 3. The molecule has 0 saturated heterocycles. The van der Waals surface area contributed by atoms with Gasteiger partial charge >= 0.3 is 0 Å². The maximum Gasteiger partial charge on any atom is 0.257 e. The first-order valence-corrected chi connectivity index (χ1v) is 4.93. The lowest BCUT2D eigenvalue weighted by atomic mass is 10.3. The van der Waals surface area contributed by atoms with Crippen LogP contribution >= 0.6 is 15.9 Å². The molecule has 1 rings (SSSR count). The molecule has 0 aromatic rings. The van der Waals surface area contributed by atoms with Crippen molar-refractivity contribution in [1.29, 1.82) is 0 Å². The van der Waals surface area contributed by atoms with Crippen molar-refractivity contribution in [2.75, 3.05) is 0 Å². The second-order valence-electron chi connectivity index (χ2n) is 2.73. The molecule has 0 N–H and O–H groups in total. The van der Waals surface area contributed by atoms with Crippen LogP contribution in [0.25, 0.3) is 0 Å². The van der Waals surface area contributed by atoms with E-state index in [-0.39, 0.29) is 18.2 Å². The van der Waals surface area contributed by atoms with E-state index in [4.69, 9.17) is 0 Å². The summed E-state index contributed by atoms with van der Waals surface area (Å²) in [6.07, 6.45) is 4.17. The highest BCUT2D eigenvalue weighted by molar-refractivity contribution is 9.11. The van der Waals surface area contributed by atoms with Gasteiger partial charge in [0.1, 0.15) is 12.3 Å². The van der Waals surface area contributed by atoms with Crippen LogP contribution in [-0.2, 0) is 9.59 Å². The highest BCUT2D eigenvalue weighted by Crippen LogP contribution is 2.13. The standard InChI is InChI=1S/C10H9BrN2O2/c1-3-7(11)6-13-8(4-2)12-9(14)5-10(13)15/h3-4,6H,1-2,5H2/b7-6+. The van der Waals surface area contributed by atoms with Crippen molar-refractivity contribution in [3.63, 3.8) is 0 Å². The zero-order valence-corrected chi connectivity index (χ0v) is 9.53. The summed E-state index contributed by atoms with van der Waals surface area (Å²) >= 11 is 3.19. The number of aliphatic imine (C=N–C) groups is 1. The average Bonchev–Trinajstić information content (AvgIpc) is 2.21. The van der Waals surface area contributed by atoms with E-state index >= 15 is 0 Å². The highest BCUT2D eigenvalue weighted by atomic mass is 79.9. The van der Waals surface area contributed by atoms with E-state index in [1.165, 1.54) is 23.3 Å². The maximum absolute atomic E-state index is 11.5. The van der Waals surface area contributed by atoms with E-state index in [9.17, 15) is 9.59 Å². The van der Waals surface area contributed by atoms with Gasteiger partial charge in [0.15, 0.2) is 0 Å². The van der Waals surface area contributed by atoms with Crippen LogP contribution in [0.4, 0.5) is 0 Å². The number of carbonyl (C=O) groups is 2. The molecule has 0 aromatic carbocycles. The third-order valence-electron chi connectivity index (χ3n) is 1.69. The van der Waals surface area contributed by atoms with Gasteiger partial charge in [0.05, 0.1) is 0 Å². The normalized spacial score (nSPS) is 17.5. The molecule has 15 heavy (non-hydrogen) atoms. The average molecular weight is 269 g/mol. The number of amidine groups is 1. The SMILES string of the molecule is C=CC1=NC(=O)CC(=O)N1/C=C(/Br)C=C. The molecule has 0 radical (unpaired) electrons. The van der Waals surface area contributed by atoms with Crippen LogP contribution in [0.3, 0.4) is 0 Å². The van der Waals surface area contributed by atoms with E-state index in [1.54, 1.807) is 0 Å². The van der Waals surface area contributed by atoms with Crippen molar-refractivity contribution in [2.45, 2.75) is 6.42 Å². The third-order valence-corrected chi connectivity index (χ3v) is 2.22. The molecule has 0 atom stereocenters. The molecule has 1 heterocycles. The summed E-state index contributed by atoms with van der Waals surface area (Å²) in [4.78, 5) is 27.5. The Balaban J connectivity index is 3.09. The Morgan fingerprint density at radius 3 is 2.67 bits per heavy atom. The predicted molar refractivity (Wildman–Crippen MR) is 61.3 cm³/mol. The summed E-state index contributed by atoms with van der Waals surface area (Å²) in [7, 11) is 0. The zero-order valence-electron chi connectivity index (χ0n) is 7.94. The van der Waals surface area contributed by atoms with Crippen LogP contribution < -0.4 is 0 Å². The van der Waals surface area contributed by atoms with Gasteiger partial charge in [0.2, 0.25) is 5.91 Å². The van der Waals surface area contributed by atoms with Crippen LogP contribution in [-0.4, -0.2) is 22.5 Å². The van der Waals surface area contributed by atoms with Crippen molar-refractivity contribution in [3.05, 3.63) is 36.0 Å². The molecule has 78 valence electrons. The van der Waals surface area contributed by atoms with Crippen LogP contribution in [0.15, 0.2) is 41.0 Å². The molecule has 1 aliphatic rings. The van der Waals surface area contributed by atoms with Crippen LogP contribution in [0.1, 0.15) is 6.42 Å². The van der Waals surface area contributed by atoms with Crippen molar-refractivity contribution < 1.29 is 9.59 Å². The summed E-state index contributed by atoms with van der Waals surface area (Å²) in [6.45, 7) is 7.02. The summed E-state index contributed by atoms with van der Waals surface area (Å²) < 4.78 is 0.625. The van der Waals surface area contributed by atoms with Gasteiger partial charge < -0.3 is 0 Å². The molecular formula is C10H9BrN2O2. The minimum Gasteiger partial charge on any atom is -0.273 e. The van der Waals surface area contributed by atoms with Crippen LogP contribution in [0, 0.1) is 0 Å². The molecule has 0 aromatic heterocycles. The Hall–Kier alpha value is -1.49. The Labute approximate surface area is 95.8 Å². The first-order valence-electron chi connectivity index (χ1n) is 4.14. The molecular weight excluding hydrogens is 260 g/mol. The molecule has 2 amide bonds. The monoisotopic (exact) mass is 268 g/mol. The molecule has 0 spiro atoms. The fraction of sp³-hybridized carbons (Fsp3) is 0.100. The molecule has 0 fully saturated rings. The van der Waals surface area contributed by atoms with Gasteiger partial charge in [-0.25, -0.2) is 0 Å². The Morgan fingerprint density at radius 1 is 1.47 bits per heavy atom. The Kier molecular flexibility index (Phi) is 3.74. The molecule has 1 aliphatic heterocycles. The smallest absolute Gasteiger partial charge is 0.257 e. The van der Waals surface area contributed by atoms with Gasteiger partial charge in [-0.05, 0) is 22.0 Å². The summed E-state index contributed by atoms with van der Waals surface area (Å²) in [5, 5.41) is 0. The van der Waals surface area contributed by atoms with Crippen molar-refractivity contribution in [1.82, 2.24) is 4.90 Å². The minimum absolute atomic E-state index is 0.217. The Bertz CT molecular complexity index is 396. The predicted octanol–water partition coefficient (Wildman–Crippen LogP) is 1.75. The second kappa shape index (κ2) is 4.84. The first kappa shape index (κ1) is 11.6. The lowest BCUT2D eigenvalue weighted by molar-refractivity contribution is -0.131. The lowest BCUT2D eigenvalue weighted by Crippen LogP contribution is -2.37.